The van der Waals surface area contributed by atoms with Crippen molar-refractivity contribution in [3.63, 3.8) is 0 Å². The van der Waals surface area contributed by atoms with Gasteiger partial charge >= 0.3 is 0 Å². The second-order valence-electron chi connectivity index (χ2n) is 5.42. The quantitative estimate of drug-likeness (QED) is 0.757. The highest BCUT2D eigenvalue weighted by Crippen LogP contribution is 2.47. The zero-order chi connectivity index (χ0) is 15.3. The largest absolute Gasteiger partial charge is 0.494 e. The average molecular weight is 293 g/mol. The van der Waals surface area contributed by atoms with Crippen molar-refractivity contribution in [2.24, 2.45) is 5.41 Å². The Morgan fingerprint density at radius 2 is 2.29 bits per heavy atom. The third kappa shape index (κ3) is 4.29. The van der Waals surface area contributed by atoms with Crippen molar-refractivity contribution < 1.29 is 19.0 Å². The summed E-state index contributed by atoms with van der Waals surface area (Å²) in [4.78, 5) is 11.7. The Morgan fingerprint density at radius 3 is 2.86 bits per heavy atom. The molecule has 1 aromatic rings. The van der Waals surface area contributed by atoms with E-state index in [9.17, 15) is 9.18 Å². The Kier molecular flexibility index (Phi) is 4.96. The van der Waals surface area contributed by atoms with Gasteiger partial charge in [-0.05, 0) is 48.4 Å². The summed E-state index contributed by atoms with van der Waals surface area (Å²) >= 11 is 0. The van der Waals surface area contributed by atoms with Crippen LogP contribution in [0.15, 0.2) is 24.3 Å². The molecule has 0 aliphatic heterocycles. The van der Waals surface area contributed by atoms with Gasteiger partial charge in [-0.2, -0.15) is 0 Å². The first-order valence-corrected chi connectivity index (χ1v) is 6.99. The fraction of sp³-hybridized carbons (Fsp3) is 0.438. The highest BCUT2D eigenvalue weighted by atomic mass is 19.1. The number of aliphatic hydroxyl groups is 1. The van der Waals surface area contributed by atoms with Crippen LogP contribution in [0, 0.1) is 11.2 Å². The number of aliphatic hydroxyl groups excluding tert-OH is 1. The Labute approximate surface area is 123 Å². The van der Waals surface area contributed by atoms with Crippen LogP contribution in [0.2, 0.25) is 0 Å². The topological polar surface area (TPSA) is 58.6 Å². The minimum Gasteiger partial charge on any atom is -0.494 e. The molecule has 2 N–H and O–H groups in total. The maximum absolute atomic E-state index is 13.5. The minimum atomic E-state index is -0.458. The summed E-state index contributed by atoms with van der Waals surface area (Å²) in [5.41, 5.74) is 0.685. The van der Waals surface area contributed by atoms with Crippen molar-refractivity contribution >= 4 is 12.0 Å². The molecule has 0 aromatic heterocycles. The van der Waals surface area contributed by atoms with Gasteiger partial charge in [0.05, 0.1) is 7.11 Å². The minimum absolute atomic E-state index is 0.0878. The summed E-state index contributed by atoms with van der Waals surface area (Å²) in [7, 11) is 1.40. The van der Waals surface area contributed by atoms with Gasteiger partial charge in [-0.25, -0.2) is 4.39 Å². The summed E-state index contributed by atoms with van der Waals surface area (Å²) < 4.78 is 18.3. The molecule has 0 bridgehead atoms. The van der Waals surface area contributed by atoms with Crippen LogP contribution in [0.1, 0.15) is 24.8 Å². The van der Waals surface area contributed by atoms with E-state index in [0.29, 0.717) is 12.1 Å². The summed E-state index contributed by atoms with van der Waals surface area (Å²) in [6, 6.07) is 4.52. The lowest BCUT2D eigenvalue weighted by Gasteiger charge is -2.13. The molecule has 0 atom stereocenters. The first-order valence-electron chi connectivity index (χ1n) is 6.99. The molecular weight excluding hydrogens is 273 g/mol. The van der Waals surface area contributed by atoms with Crippen LogP contribution in [0.5, 0.6) is 5.75 Å². The number of benzene rings is 1. The Hall–Kier alpha value is -1.88. The van der Waals surface area contributed by atoms with Crippen molar-refractivity contribution in [1.82, 2.24) is 5.32 Å². The third-order valence-corrected chi connectivity index (χ3v) is 3.84. The molecule has 1 amide bonds. The standard InChI is InChI=1S/C16H20FNO3/c1-21-14-4-2-12(10-13(14)17)3-5-15(20)18-11-16(6-7-16)8-9-19/h2-5,10,19H,6-9,11H2,1H3,(H,18,20)/b5-3+. The lowest BCUT2D eigenvalue weighted by atomic mass is 10.0. The van der Waals surface area contributed by atoms with Gasteiger partial charge in [0.2, 0.25) is 5.91 Å². The number of ether oxygens (including phenoxy) is 1. The van der Waals surface area contributed by atoms with E-state index in [2.05, 4.69) is 5.32 Å². The molecule has 4 nitrogen and oxygen atoms in total. The summed E-state index contributed by atoms with van der Waals surface area (Å²) in [6.45, 7) is 0.727. The molecule has 21 heavy (non-hydrogen) atoms. The molecule has 1 aliphatic rings. The lowest BCUT2D eigenvalue weighted by Crippen LogP contribution is -2.29. The fourth-order valence-electron chi connectivity index (χ4n) is 2.22. The first-order chi connectivity index (χ1) is 10.1. The smallest absolute Gasteiger partial charge is 0.244 e. The van der Waals surface area contributed by atoms with Crippen molar-refractivity contribution in [2.75, 3.05) is 20.3 Å². The highest BCUT2D eigenvalue weighted by Gasteiger charge is 2.41. The summed E-state index contributed by atoms with van der Waals surface area (Å²) in [5, 5.41) is 11.8. The van der Waals surface area contributed by atoms with Gasteiger partial charge in [-0.1, -0.05) is 6.07 Å². The third-order valence-electron chi connectivity index (χ3n) is 3.84. The maximum atomic E-state index is 13.5. The molecule has 1 fully saturated rings. The second kappa shape index (κ2) is 6.72. The first kappa shape index (κ1) is 15.5. The predicted molar refractivity (Wildman–Crippen MR) is 78.4 cm³/mol. The molecule has 0 heterocycles. The number of carbonyl (C=O) groups excluding carboxylic acids is 1. The summed E-state index contributed by atoms with van der Waals surface area (Å²) in [5.74, 6) is -0.494. The van der Waals surface area contributed by atoms with Gasteiger partial charge in [0.25, 0.3) is 0 Å². The monoisotopic (exact) mass is 293 g/mol. The van der Waals surface area contributed by atoms with Gasteiger partial charge in [0.1, 0.15) is 0 Å². The van der Waals surface area contributed by atoms with Gasteiger partial charge in [-0.15, -0.1) is 0 Å². The van der Waals surface area contributed by atoms with E-state index in [1.165, 1.54) is 25.3 Å². The maximum Gasteiger partial charge on any atom is 0.244 e. The number of amides is 1. The number of methoxy groups -OCH3 is 1. The van der Waals surface area contributed by atoms with Crippen LogP contribution >= 0.6 is 0 Å². The molecule has 0 saturated heterocycles. The van der Waals surface area contributed by atoms with Gasteiger partial charge in [-0.3, -0.25) is 4.79 Å². The van der Waals surface area contributed by atoms with Crippen molar-refractivity contribution in [3.05, 3.63) is 35.7 Å². The number of hydrogen-bond acceptors (Lipinski definition) is 3. The SMILES string of the molecule is COc1ccc(/C=C/C(=O)NCC2(CCO)CC2)cc1F. The average Bonchev–Trinajstić information content (AvgIpc) is 3.24. The molecule has 1 saturated carbocycles. The number of carbonyl (C=O) groups is 1. The van der Waals surface area contributed by atoms with Crippen LogP contribution in [0.25, 0.3) is 6.08 Å². The fourth-order valence-corrected chi connectivity index (χ4v) is 2.22. The Morgan fingerprint density at radius 1 is 1.52 bits per heavy atom. The Balaban J connectivity index is 1.86. The molecule has 1 aliphatic carbocycles. The molecular formula is C16H20FNO3. The molecule has 0 unspecified atom stereocenters. The highest BCUT2D eigenvalue weighted by molar-refractivity contribution is 5.91. The van der Waals surface area contributed by atoms with Crippen LogP contribution in [0.3, 0.4) is 0 Å². The number of hydrogen-bond donors (Lipinski definition) is 2. The molecule has 114 valence electrons. The van der Waals surface area contributed by atoms with E-state index < -0.39 is 5.82 Å². The van der Waals surface area contributed by atoms with Crippen LogP contribution < -0.4 is 10.1 Å². The van der Waals surface area contributed by atoms with Crippen molar-refractivity contribution in [1.29, 1.82) is 0 Å². The molecule has 5 heteroatoms. The zero-order valence-electron chi connectivity index (χ0n) is 12.1. The summed E-state index contributed by atoms with van der Waals surface area (Å²) in [6.07, 6.45) is 5.75. The zero-order valence-corrected chi connectivity index (χ0v) is 12.1. The number of nitrogens with one attached hydrogen (secondary N) is 1. The molecule has 0 radical (unpaired) electrons. The van der Waals surface area contributed by atoms with E-state index in [0.717, 1.165) is 19.3 Å². The van der Waals surface area contributed by atoms with Crippen LogP contribution in [-0.2, 0) is 4.79 Å². The van der Waals surface area contributed by atoms with Gasteiger partial charge < -0.3 is 15.2 Å². The van der Waals surface area contributed by atoms with E-state index in [1.807, 2.05) is 0 Å². The van der Waals surface area contributed by atoms with Crippen LogP contribution in [-0.4, -0.2) is 31.3 Å². The van der Waals surface area contributed by atoms with Crippen molar-refractivity contribution in [2.45, 2.75) is 19.3 Å². The van der Waals surface area contributed by atoms with Gasteiger partial charge in [0.15, 0.2) is 11.6 Å². The molecule has 1 aromatic carbocycles. The van der Waals surface area contributed by atoms with Crippen LogP contribution in [0.4, 0.5) is 4.39 Å². The Bertz CT molecular complexity index is 538. The van der Waals surface area contributed by atoms with E-state index in [-0.39, 0.29) is 23.7 Å². The van der Waals surface area contributed by atoms with E-state index in [1.54, 1.807) is 12.1 Å². The number of halogens is 1. The van der Waals surface area contributed by atoms with Crippen molar-refractivity contribution in [3.8, 4) is 5.75 Å². The van der Waals surface area contributed by atoms with E-state index in [4.69, 9.17) is 9.84 Å². The molecule has 2 rings (SSSR count). The van der Waals surface area contributed by atoms with Gasteiger partial charge in [0, 0.05) is 19.2 Å². The van der Waals surface area contributed by atoms with E-state index >= 15 is 0 Å². The lowest BCUT2D eigenvalue weighted by molar-refractivity contribution is -0.116. The molecule has 0 spiro atoms. The second-order valence-corrected chi connectivity index (χ2v) is 5.42. The predicted octanol–water partition coefficient (Wildman–Crippen LogP) is 2.13. The number of rotatable bonds is 7. The normalized spacial score (nSPS) is 16.0.